The molecule has 0 radical (unpaired) electrons. The average Bonchev–Trinajstić information content (AvgIpc) is 2.09. The van der Waals surface area contributed by atoms with Crippen LogP contribution in [-0.2, 0) is 6.18 Å². The zero-order valence-corrected chi connectivity index (χ0v) is 8.88. The minimum atomic E-state index is -4.41. The van der Waals surface area contributed by atoms with E-state index in [1.807, 2.05) is 6.92 Å². The summed E-state index contributed by atoms with van der Waals surface area (Å²) in [5.41, 5.74) is 10.4. The zero-order chi connectivity index (χ0) is 11.6. The van der Waals surface area contributed by atoms with Crippen molar-refractivity contribution in [2.24, 2.45) is 0 Å². The molecule has 0 aromatic heterocycles. The maximum absolute atomic E-state index is 12.3. The monoisotopic (exact) mass is 236 g/mol. The molecule has 1 aromatic carbocycles. The summed E-state index contributed by atoms with van der Waals surface area (Å²) in [6, 6.07) is 1.82. The van der Waals surface area contributed by atoms with Crippen LogP contribution in [0, 0.1) is 0 Å². The summed E-state index contributed by atoms with van der Waals surface area (Å²) in [5.74, 6) is 0.708. The standard InChI is InChI=1S/C9H11F3N2S/c1-2-15-8-6(13)3-5(4-7(8)14)9(10,11)12/h3-4H,2,13-14H2,1H3. The number of hydrogen-bond donors (Lipinski definition) is 2. The van der Waals surface area contributed by atoms with Gasteiger partial charge in [0.1, 0.15) is 0 Å². The summed E-state index contributed by atoms with van der Waals surface area (Å²) in [6.45, 7) is 1.88. The Kier molecular flexibility index (Phi) is 3.38. The van der Waals surface area contributed by atoms with E-state index in [1.165, 1.54) is 11.8 Å². The molecule has 0 saturated heterocycles. The van der Waals surface area contributed by atoms with Crippen LogP contribution in [0.4, 0.5) is 24.5 Å². The van der Waals surface area contributed by atoms with Crippen LogP contribution in [-0.4, -0.2) is 5.75 Å². The molecule has 0 heterocycles. The molecule has 0 amide bonds. The van der Waals surface area contributed by atoms with E-state index in [1.54, 1.807) is 0 Å². The highest BCUT2D eigenvalue weighted by Crippen LogP contribution is 2.38. The van der Waals surface area contributed by atoms with Gasteiger partial charge in [0.05, 0.1) is 10.5 Å². The van der Waals surface area contributed by atoms with E-state index in [2.05, 4.69) is 0 Å². The van der Waals surface area contributed by atoms with E-state index in [0.29, 0.717) is 10.6 Å². The van der Waals surface area contributed by atoms with Crippen molar-refractivity contribution in [3.05, 3.63) is 17.7 Å². The van der Waals surface area contributed by atoms with Gasteiger partial charge in [-0.1, -0.05) is 6.92 Å². The SMILES string of the molecule is CCSc1c(N)cc(C(F)(F)F)cc1N. The summed E-state index contributed by atoms with van der Waals surface area (Å²) >= 11 is 1.33. The Morgan fingerprint density at radius 2 is 1.67 bits per heavy atom. The molecule has 0 atom stereocenters. The highest BCUT2D eigenvalue weighted by molar-refractivity contribution is 7.99. The molecule has 0 aliphatic carbocycles. The van der Waals surface area contributed by atoms with Gasteiger partial charge in [-0.05, 0) is 17.9 Å². The number of alkyl halides is 3. The highest BCUT2D eigenvalue weighted by atomic mass is 32.2. The lowest BCUT2D eigenvalue weighted by Gasteiger charge is -2.12. The first-order valence-electron chi connectivity index (χ1n) is 4.25. The van der Waals surface area contributed by atoms with E-state index in [4.69, 9.17) is 11.5 Å². The zero-order valence-electron chi connectivity index (χ0n) is 8.06. The average molecular weight is 236 g/mol. The van der Waals surface area contributed by atoms with Crippen LogP contribution >= 0.6 is 11.8 Å². The smallest absolute Gasteiger partial charge is 0.398 e. The second kappa shape index (κ2) is 4.22. The largest absolute Gasteiger partial charge is 0.416 e. The third kappa shape index (κ3) is 2.71. The minimum Gasteiger partial charge on any atom is -0.398 e. The highest BCUT2D eigenvalue weighted by Gasteiger charge is 2.31. The molecule has 0 fully saturated rings. The quantitative estimate of drug-likeness (QED) is 0.613. The first-order valence-corrected chi connectivity index (χ1v) is 5.23. The van der Waals surface area contributed by atoms with Crippen LogP contribution < -0.4 is 11.5 Å². The summed E-state index contributed by atoms with van der Waals surface area (Å²) < 4.78 is 37.0. The number of hydrogen-bond acceptors (Lipinski definition) is 3. The summed E-state index contributed by atoms with van der Waals surface area (Å²) in [7, 11) is 0. The fourth-order valence-electron chi connectivity index (χ4n) is 1.15. The Bertz CT molecular complexity index is 340. The molecule has 0 saturated carbocycles. The first-order chi connectivity index (χ1) is 6.86. The molecule has 0 unspecified atom stereocenters. The fourth-order valence-corrected chi connectivity index (χ4v) is 1.89. The molecular formula is C9H11F3N2S. The second-order valence-electron chi connectivity index (χ2n) is 2.91. The van der Waals surface area contributed by atoms with Crippen LogP contribution in [0.1, 0.15) is 12.5 Å². The van der Waals surface area contributed by atoms with Gasteiger partial charge in [-0.3, -0.25) is 0 Å². The summed E-state index contributed by atoms with van der Waals surface area (Å²) in [6.07, 6.45) is -4.41. The Hall–Kier alpha value is -1.04. The van der Waals surface area contributed by atoms with Gasteiger partial charge in [0.15, 0.2) is 0 Å². The maximum Gasteiger partial charge on any atom is 0.416 e. The molecule has 1 rings (SSSR count). The number of rotatable bonds is 2. The van der Waals surface area contributed by atoms with Gasteiger partial charge in [0, 0.05) is 11.4 Å². The normalized spacial score (nSPS) is 11.7. The molecule has 0 aliphatic heterocycles. The third-order valence-corrected chi connectivity index (χ3v) is 2.81. The molecule has 84 valence electrons. The molecule has 0 bridgehead atoms. The van der Waals surface area contributed by atoms with Gasteiger partial charge in [-0.2, -0.15) is 13.2 Å². The summed E-state index contributed by atoms with van der Waals surface area (Å²) in [4.78, 5) is 0.519. The summed E-state index contributed by atoms with van der Waals surface area (Å²) in [5, 5.41) is 0. The Labute approximate surface area is 89.8 Å². The van der Waals surface area contributed by atoms with E-state index in [-0.39, 0.29) is 11.4 Å². The van der Waals surface area contributed by atoms with Crippen molar-refractivity contribution < 1.29 is 13.2 Å². The third-order valence-electron chi connectivity index (χ3n) is 1.76. The topological polar surface area (TPSA) is 52.0 Å². The number of nitrogen functional groups attached to an aromatic ring is 2. The van der Waals surface area contributed by atoms with Crippen LogP contribution in [0.2, 0.25) is 0 Å². The Balaban J connectivity index is 3.19. The van der Waals surface area contributed by atoms with Crippen molar-refractivity contribution in [1.29, 1.82) is 0 Å². The van der Waals surface area contributed by atoms with E-state index >= 15 is 0 Å². The fraction of sp³-hybridized carbons (Fsp3) is 0.333. The van der Waals surface area contributed by atoms with Crippen molar-refractivity contribution in [2.45, 2.75) is 18.0 Å². The van der Waals surface area contributed by atoms with Crippen LogP contribution in [0.3, 0.4) is 0 Å². The first kappa shape index (κ1) is 12.0. The van der Waals surface area contributed by atoms with Crippen molar-refractivity contribution >= 4 is 23.1 Å². The van der Waals surface area contributed by atoms with Crippen molar-refractivity contribution in [3.8, 4) is 0 Å². The molecule has 1 aromatic rings. The van der Waals surface area contributed by atoms with Gasteiger partial charge in [0.25, 0.3) is 0 Å². The van der Waals surface area contributed by atoms with E-state index in [0.717, 1.165) is 12.1 Å². The number of nitrogens with two attached hydrogens (primary N) is 2. The van der Waals surface area contributed by atoms with Crippen molar-refractivity contribution in [1.82, 2.24) is 0 Å². The number of halogens is 3. The molecular weight excluding hydrogens is 225 g/mol. The maximum atomic E-state index is 12.3. The molecule has 2 nitrogen and oxygen atoms in total. The van der Waals surface area contributed by atoms with Gasteiger partial charge in [-0.25, -0.2) is 0 Å². The van der Waals surface area contributed by atoms with Gasteiger partial charge in [-0.15, -0.1) is 11.8 Å². The second-order valence-corrected chi connectivity index (χ2v) is 4.19. The van der Waals surface area contributed by atoms with E-state index < -0.39 is 11.7 Å². The Morgan fingerprint density at radius 3 is 2.00 bits per heavy atom. The number of benzene rings is 1. The van der Waals surface area contributed by atoms with Crippen molar-refractivity contribution in [2.75, 3.05) is 17.2 Å². The number of anilines is 2. The van der Waals surface area contributed by atoms with Gasteiger partial charge < -0.3 is 11.5 Å². The van der Waals surface area contributed by atoms with Crippen LogP contribution in [0.25, 0.3) is 0 Å². The predicted octanol–water partition coefficient (Wildman–Crippen LogP) is 2.98. The molecule has 6 heteroatoms. The Morgan fingerprint density at radius 1 is 1.20 bits per heavy atom. The van der Waals surface area contributed by atoms with Gasteiger partial charge in [0.2, 0.25) is 0 Å². The van der Waals surface area contributed by atoms with Crippen molar-refractivity contribution in [3.63, 3.8) is 0 Å². The minimum absolute atomic E-state index is 0.0779. The van der Waals surface area contributed by atoms with Crippen LogP contribution in [0.5, 0.6) is 0 Å². The molecule has 15 heavy (non-hydrogen) atoms. The van der Waals surface area contributed by atoms with E-state index in [9.17, 15) is 13.2 Å². The lowest BCUT2D eigenvalue weighted by Crippen LogP contribution is -2.08. The van der Waals surface area contributed by atoms with Gasteiger partial charge >= 0.3 is 6.18 Å². The lowest BCUT2D eigenvalue weighted by atomic mass is 10.1. The lowest BCUT2D eigenvalue weighted by molar-refractivity contribution is -0.137. The molecule has 4 N–H and O–H groups in total. The van der Waals surface area contributed by atoms with Crippen LogP contribution in [0.15, 0.2) is 17.0 Å². The molecule has 0 spiro atoms. The number of thioether (sulfide) groups is 1. The molecule has 0 aliphatic rings. The predicted molar refractivity (Wildman–Crippen MR) is 56.7 cm³/mol.